The topological polar surface area (TPSA) is 91.4 Å². The fraction of sp³-hybridized carbons (Fsp3) is 0.0909. The van der Waals surface area contributed by atoms with Gasteiger partial charge in [-0.3, -0.25) is 4.79 Å². The van der Waals surface area contributed by atoms with E-state index in [2.05, 4.69) is 10.3 Å². The lowest BCUT2D eigenvalue weighted by Crippen LogP contribution is -2.03. The highest BCUT2D eigenvalue weighted by atomic mass is 16.5. The number of ether oxygens (including phenoxy) is 1. The number of carbonyl (C=O) groups is 2. The molecular formula is C22H18N2O4. The van der Waals surface area contributed by atoms with Crippen molar-refractivity contribution in [2.24, 2.45) is 0 Å². The third-order valence-electron chi connectivity index (χ3n) is 4.93. The van der Waals surface area contributed by atoms with Crippen LogP contribution < -0.4 is 10.1 Å². The van der Waals surface area contributed by atoms with E-state index in [0.717, 1.165) is 28.1 Å². The SMILES string of the molecule is COc1ccc(-c2cccc3c2C(=Cc2[nH]cc(C(=O)O)c2C)C(=O)N3)cc1. The molecule has 140 valence electrons. The van der Waals surface area contributed by atoms with Crippen molar-refractivity contribution < 1.29 is 19.4 Å². The molecule has 28 heavy (non-hydrogen) atoms. The number of fused-ring (bicyclic) bond motifs is 1. The summed E-state index contributed by atoms with van der Waals surface area (Å²) in [6.07, 6.45) is 3.14. The minimum atomic E-state index is -1.01. The molecule has 0 spiro atoms. The molecule has 3 N–H and O–H groups in total. The summed E-state index contributed by atoms with van der Waals surface area (Å²) in [5, 5.41) is 12.1. The maximum absolute atomic E-state index is 12.6. The maximum Gasteiger partial charge on any atom is 0.337 e. The van der Waals surface area contributed by atoms with Crippen molar-refractivity contribution in [3.05, 3.63) is 71.0 Å². The fourth-order valence-corrected chi connectivity index (χ4v) is 3.43. The summed E-state index contributed by atoms with van der Waals surface area (Å²) in [4.78, 5) is 26.9. The number of anilines is 1. The lowest BCUT2D eigenvalue weighted by Gasteiger charge is -2.09. The molecular weight excluding hydrogens is 356 g/mol. The van der Waals surface area contributed by atoms with E-state index in [1.54, 1.807) is 20.1 Å². The first kappa shape index (κ1) is 17.6. The Hall–Kier alpha value is -3.80. The number of carboxylic acid groups (broad SMARTS) is 1. The van der Waals surface area contributed by atoms with Crippen LogP contribution >= 0.6 is 0 Å². The van der Waals surface area contributed by atoms with E-state index in [-0.39, 0.29) is 11.5 Å². The van der Waals surface area contributed by atoms with Gasteiger partial charge in [0.1, 0.15) is 5.75 Å². The Morgan fingerprint density at radius 2 is 1.89 bits per heavy atom. The molecule has 2 heterocycles. The van der Waals surface area contributed by atoms with E-state index in [9.17, 15) is 14.7 Å². The standard InChI is InChI=1S/C22H18N2O4/c1-12-17(22(26)27)11-23-19(12)10-16-20-15(4-3-5-18(20)24-21(16)25)13-6-8-14(28-2)9-7-13/h3-11,23H,1-2H3,(H,24,25)(H,26,27). The second-order valence-electron chi connectivity index (χ2n) is 6.51. The van der Waals surface area contributed by atoms with Crippen LogP contribution in [0, 0.1) is 6.92 Å². The summed E-state index contributed by atoms with van der Waals surface area (Å²) in [6.45, 7) is 1.72. The summed E-state index contributed by atoms with van der Waals surface area (Å²) in [5.41, 5.74) is 5.25. The highest BCUT2D eigenvalue weighted by Crippen LogP contribution is 2.40. The number of nitrogens with one attached hydrogen (secondary N) is 2. The van der Waals surface area contributed by atoms with Gasteiger partial charge < -0.3 is 20.1 Å². The average Bonchev–Trinajstić information content (AvgIpc) is 3.22. The molecule has 6 heteroatoms. The summed E-state index contributed by atoms with van der Waals surface area (Å²) < 4.78 is 5.22. The van der Waals surface area contributed by atoms with Gasteiger partial charge in [0.25, 0.3) is 5.91 Å². The number of benzene rings is 2. The van der Waals surface area contributed by atoms with Gasteiger partial charge in [0.15, 0.2) is 0 Å². The van der Waals surface area contributed by atoms with Gasteiger partial charge in [-0.15, -0.1) is 0 Å². The van der Waals surface area contributed by atoms with Gasteiger partial charge >= 0.3 is 5.97 Å². The molecule has 0 bridgehead atoms. The van der Waals surface area contributed by atoms with E-state index in [4.69, 9.17) is 4.74 Å². The van der Waals surface area contributed by atoms with Crippen LogP contribution in [0.15, 0.2) is 48.7 Å². The zero-order chi connectivity index (χ0) is 19.8. The molecule has 0 saturated carbocycles. The predicted octanol–water partition coefficient (Wildman–Crippen LogP) is 4.19. The third kappa shape index (κ3) is 2.85. The Bertz CT molecular complexity index is 1120. The van der Waals surface area contributed by atoms with Crippen molar-refractivity contribution in [1.29, 1.82) is 0 Å². The van der Waals surface area contributed by atoms with Crippen LogP contribution in [0.2, 0.25) is 0 Å². The normalized spacial score (nSPS) is 14.1. The molecule has 0 fully saturated rings. The molecule has 1 aliphatic heterocycles. The Balaban J connectivity index is 1.85. The van der Waals surface area contributed by atoms with Crippen LogP contribution in [0.1, 0.15) is 27.2 Å². The quantitative estimate of drug-likeness (QED) is 0.597. The summed E-state index contributed by atoms with van der Waals surface area (Å²) in [7, 11) is 1.61. The second kappa shape index (κ2) is 6.74. The second-order valence-corrected chi connectivity index (χ2v) is 6.51. The van der Waals surface area contributed by atoms with E-state index in [0.29, 0.717) is 16.8 Å². The van der Waals surface area contributed by atoms with Crippen molar-refractivity contribution in [3.8, 4) is 16.9 Å². The van der Waals surface area contributed by atoms with E-state index in [1.807, 2.05) is 42.5 Å². The molecule has 0 atom stereocenters. The van der Waals surface area contributed by atoms with Crippen LogP contribution in [-0.4, -0.2) is 29.1 Å². The zero-order valence-electron chi connectivity index (χ0n) is 15.4. The zero-order valence-corrected chi connectivity index (χ0v) is 15.4. The van der Waals surface area contributed by atoms with Gasteiger partial charge in [-0.1, -0.05) is 24.3 Å². The lowest BCUT2D eigenvalue weighted by molar-refractivity contribution is -0.110. The van der Waals surface area contributed by atoms with Crippen LogP contribution in [0.4, 0.5) is 5.69 Å². The first-order valence-corrected chi connectivity index (χ1v) is 8.71. The number of H-pyrrole nitrogens is 1. The Morgan fingerprint density at radius 1 is 1.14 bits per heavy atom. The van der Waals surface area contributed by atoms with Crippen LogP contribution in [-0.2, 0) is 4.79 Å². The average molecular weight is 374 g/mol. The highest BCUT2D eigenvalue weighted by molar-refractivity contribution is 6.36. The summed E-state index contributed by atoms with van der Waals surface area (Å²) in [6, 6.07) is 13.3. The number of amides is 1. The molecule has 6 nitrogen and oxygen atoms in total. The molecule has 0 saturated heterocycles. The third-order valence-corrected chi connectivity index (χ3v) is 4.93. The van der Waals surface area contributed by atoms with Crippen molar-refractivity contribution in [3.63, 3.8) is 0 Å². The molecule has 4 rings (SSSR count). The molecule has 2 aromatic carbocycles. The summed E-state index contributed by atoms with van der Waals surface area (Å²) in [5.74, 6) is -0.472. The van der Waals surface area contributed by atoms with E-state index < -0.39 is 5.97 Å². The first-order valence-electron chi connectivity index (χ1n) is 8.71. The largest absolute Gasteiger partial charge is 0.497 e. The van der Waals surface area contributed by atoms with Crippen LogP contribution in [0.3, 0.4) is 0 Å². The van der Waals surface area contributed by atoms with E-state index in [1.165, 1.54) is 6.20 Å². The number of methoxy groups -OCH3 is 1. The number of carbonyl (C=O) groups excluding carboxylic acids is 1. The molecule has 0 unspecified atom stereocenters. The van der Waals surface area contributed by atoms with Gasteiger partial charge in [0, 0.05) is 23.1 Å². The number of hydrogen-bond donors (Lipinski definition) is 3. The van der Waals surface area contributed by atoms with Gasteiger partial charge in [-0.25, -0.2) is 4.79 Å². The monoisotopic (exact) mass is 374 g/mol. The minimum absolute atomic E-state index is 0.189. The molecule has 1 aromatic heterocycles. The molecule has 1 amide bonds. The van der Waals surface area contributed by atoms with Crippen molar-refractivity contribution in [2.45, 2.75) is 6.92 Å². The number of rotatable bonds is 4. The lowest BCUT2D eigenvalue weighted by atomic mass is 9.94. The Morgan fingerprint density at radius 3 is 2.54 bits per heavy atom. The van der Waals surface area contributed by atoms with Crippen molar-refractivity contribution >= 4 is 29.2 Å². The van der Waals surface area contributed by atoms with Gasteiger partial charge in [-0.2, -0.15) is 0 Å². The van der Waals surface area contributed by atoms with E-state index >= 15 is 0 Å². The van der Waals surface area contributed by atoms with Gasteiger partial charge in [-0.05, 0) is 47.9 Å². The Labute approximate surface area is 161 Å². The molecule has 0 aliphatic carbocycles. The fourth-order valence-electron chi connectivity index (χ4n) is 3.43. The van der Waals surface area contributed by atoms with Gasteiger partial charge in [0.2, 0.25) is 0 Å². The molecule has 0 radical (unpaired) electrons. The number of hydrogen-bond acceptors (Lipinski definition) is 3. The van der Waals surface area contributed by atoms with Crippen LogP contribution in [0.5, 0.6) is 5.75 Å². The number of aromatic carboxylic acids is 1. The number of carboxylic acids is 1. The smallest absolute Gasteiger partial charge is 0.337 e. The Kier molecular flexibility index (Phi) is 4.24. The van der Waals surface area contributed by atoms with Crippen molar-refractivity contribution in [1.82, 2.24) is 4.98 Å². The summed E-state index contributed by atoms with van der Waals surface area (Å²) >= 11 is 0. The minimum Gasteiger partial charge on any atom is -0.497 e. The van der Waals surface area contributed by atoms with Crippen LogP contribution in [0.25, 0.3) is 22.8 Å². The van der Waals surface area contributed by atoms with Crippen molar-refractivity contribution in [2.75, 3.05) is 12.4 Å². The molecule has 1 aliphatic rings. The maximum atomic E-state index is 12.6. The first-order chi connectivity index (χ1) is 13.5. The predicted molar refractivity (Wildman–Crippen MR) is 107 cm³/mol. The molecule has 3 aromatic rings. The highest BCUT2D eigenvalue weighted by Gasteiger charge is 2.28. The van der Waals surface area contributed by atoms with Gasteiger partial charge in [0.05, 0.1) is 18.2 Å². The number of aromatic amines is 1. The number of aromatic nitrogens is 1.